The fourth-order valence-electron chi connectivity index (χ4n) is 3.90. The van der Waals surface area contributed by atoms with Crippen LogP contribution in [0.25, 0.3) is 0 Å². The van der Waals surface area contributed by atoms with Gasteiger partial charge < -0.3 is 9.47 Å². The Morgan fingerprint density at radius 1 is 1.00 bits per heavy atom. The number of halogens is 2. The van der Waals surface area contributed by atoms with Gasteiger partial charge in [0.15, 0.2) is 0 Å². The topological polar surface area (TPSA) is 34.1 Å². The van der Waals surface area contributed by atoms with Crippen LogP contribution in [0.5, 0.6) is 11.5 Å². The second kappa shape index (κ2) is 7.29. The maximum atomic E-state index is 6.50. The predicted molar refractivity (Wildman–Crippen MR) is 115 cm³/mol. The fraction of sp³-hybridized carbons (Fsp3) is 0.174. The second-order valence-electron chi connectivity index (χ2n) is 7.05. The molecule has 2 heterocycles. The first kappa shape index (κ1) is 18.3. The fourth-order valence-corrected chi connectivity index (χ4v) is 4.31. The van der Waals surface area contributed by atoms with E-state index in [1.807, 2.05) is 71.7 Å². The number of nitrogens with zero attached hydrogens (tertiary/aromatic N) is 2. The molecular formula is C23H18Cl2N2O2. The highest BCUT2D eigenvalue weighted by atomic mass is 35.5. The number of hydrogen-bond acceptors (Lipinski definition) is 4. The lowest BCUT2D eigenvalue weighted by Gasteiger charge is -2.38. The Labute approximate surface area is 179 Å². The second-order valence-corrected chi connectivity index (χ2v) is 7.89. The summed E-state index contributed by atoms with van der Waals surface area (Å²) in [6.45, 7) is 0. The van der Waals surface area contributed by atoms with Gasteiger partial charge in [-0.2, -0.15) is 5.10 Å². The normalized spacial score (nSPS) is 19.8. The van der Waals surface area contributed by atoms with Crippen molar-refractivity contribution in [3.05, 3.63) is 93.5 Å². The van der Waals surface area contributed by atoms with Crippen molar-refractivity contribution in [2.45, 2.75) is 18.7 Å². The van der Waals surface area contributed by atoms with Crippen molar-refractivity contribution in [3.63, 3.8) is 0 Å². The molecule has 29 heavy (non-hydrogen) atoms. The Hall–Kier alpha value is -2.69. The quantitative estimate of drug-likeness (QED) is 0.498. The van der Waals surface area contributed by atoms with Crippen molar-refractivity contribution in [3.8, 4) is 11.5 Å². The molecule has 0 aliphatic carbocycles. The van der Waals surface area contributed by atoms with E-state index in [2.05, 4.69) is 0 Å². The highest BCUT2D eigenvalue weighted by molar-refractivity contribution is 6.31. The van der Waals surface area contributed by atoms with Gasteiger partial charge in [0.2, 0.25) is 6.23 Å². The maximum Gasteiger partial charge on any atom is 0.215 e. The number of rotatable bonds is 3. The zero-order valence-electron chi connectivity index (χ0n) is 15.7. The van der Waals surface area contributed by atoms with Gasteiger partial charge in [-0.1, -0.05) is 41.4 Å². The summed E-state index contributed by atoms with van der Waals surface area (Å²) in [5, 5.41) is 8.28. The molecular weight excluding hydrogens is 407 g/mol. The summed E-state index contributed by atoms with van der Waals surface area (Å²) in [7, 11) is 1.66. The standard InChI is InChI=1S/C23H18Cl2N2O2/c1-28-16-9-6-14(7-10-16)20-13-21-18-12-15(24)8-11-22(18)29-23(27(21)26-20)17-4-2-3-5-19(17)25/h2-12,21,23H,13H2,1H3/t21-,23+/m0/s1. The largest absolute Gasteiger partial charge is 0.497 e. The first-order chi connectivity index (χ1) is 14.1. The Morgan fingerprint density at radius 3 is 2.55 bits per heavy atom. The highest BCUT2D eigenvalue weighted by Gasteiger charge is 2.41. The Kier molecular flexibility index (Phi) is 4.61. The Bertz CT molecular complexity index is 1100. The molecule has 0 unspecified atom stereocenters. The van der Waals surface area contributed by atoms with Crippen LogP contribution in [0.15, 0.2) is 71.8 Å². The molecule has 0 aromatic heterocycles. The van der Waals surface area contributed by atoms with Gasteiger partial charge >= 0.3 is 0 Å². The van der Waals surface area contributed by atoms with E-state index >= 15 is 0 Å². The summed E-state index contributed by atoms with van der Waals surface area (Å²) in [4.78, 5) is 0. The number of methoxy groups -OCH3 is 1. The van der Waals surface area contributed by atoms with E-state index in [9.17, 15) is 0 Å². The number of hydrazone groups is 1. The van der Waals surface area contributed by atoms with Crippen LogP contribution >= 0.6 is 23.2 Å². The van der Waals surface area contributed by atoms with Crippen LogP contribution < -0.4 is 9.47 Å². The van der Waals surface area contributed by atoms with E-state index in [1.165, 1.54) is 0 Å². The minimum atomic E-state index is -0.405. The summed E-state index contributed by atoms with van der Waals surface area (Å²) < 4.78 is 11.6. The van der Waals surface area contributed by atoms with E-state index in [-0.39, 0.29) is 6.04 Å². The van der Waals surface area contributed by atoms with Crippen LogP contribution in [0.3, 0.4) is 0 Å². The number of hydrogen-bond donors (Lipinski definition) is 0. The number of ether oxygens (including phenoxy) is 2. The first-order valence-electron chi connectivity index (χ1n) is 9.35. The van der Waals surface area contributed by atoms with E-state index in [0.717, 1.165) is 40.3 Å². The number of fused-ring (bicyclic) bond motifs is 3. The minimum Gasteiger partial charge on any atom is -0.497 e. The molecule has 4 nitrogen and oxygen atoms in total. The third-order valence-electron chi connectivity index (χ3n) is 5.35. The van der Waals surface area contributed by atoms with Crippen LogP contribution in [0.2, 0.25) is 10.0 Å². The van der Waals surface area contributed by atoms with Crippen LogP contribution in [0.4, 0.5) is 0 Å². The first-order valence-corrected chi connectivity index (χ1v) is 10.1. The van der Waals surface area contributed by atoms with Gasteiger partial charge in [-0.05, 0) is 54.1 Å². The van der Waals surface area contributed by atoms with Crippen molar-refractivity contribution in [1.29, 1.82) is 0 Å². The maximum absolute atomic E-state index is 6.50. The molecule has 2 aliphatic heterocycles. The van der Waals surface area contributed by atoms with E-state index < -0.39 is 6.23 Å². The summed E-state index contributed by atoms with van der Waals surface area (Å²) in [5.74, 6) is 1.63. The predicted octanol–water partition coefficient (Wildman–Crippen LogP) is 6.24. The Morgan fingerprint density at radius 2 is 1.79 bits per heavy atom. The van der Waals surface area contributed by atoms with Gasteiger partial charge in [-0.3, -0.25) is 0 Å². The molecule has 146 valence electrons. The molecule has 0 fully saturated rings. The molecule has 3 aromatic carbocycles. The van der Waals surface area contributed by atoms with Crippen molar-refractivity contribution >= 4 is 28.9 Å². The molecule has 5 rings (SSSR count). The molecule has 0 saturated heterocycles. The van der Waals surface area contributed by atoms with Crippen LogP contribution in [-0.4, -0.2) is 17.8 Å². The lowest BCUT2D eigenvalue weighted by Crippen LogP contribution is -2.33. The lowest BCUT2D eigenvalue weighted by molar-refractivity contribution is -0.0189. The molecule has 3 aromatic rings. The van der Waals surface area contributed by atoms with Gasteiger partial charge in [-0.15, -0.1) is 0 Å². The smallest absolute Gasteiger partial charge is 0.215 e. The molecule has 0 bridgehead atoms. The minimum absolute atomic E-state index is 0.0239. The van der Waals surface area contributed by atoms with Gasteiger partial charge in [0.05, 0.1) is 18.9 Å². The zero-order valence-corrected chi connectivity index (χ0v) is 17.2. The molecule has 0 radical (unpaired) electrons. The van der Waals surface area contributed by atoms with Crippen molar-refractivity contribution in [2.24, 2.45) is 5.10 Å². The molecule has 0 spiro atoms. The average molecular weight is 425 g/mol. The molecule has 6 heteroatoms. The average Bonchev–Trinajstić information content (AvgIpc) is 3.20. The van der Waals surface area contributed by atoms with E-state index in [4.69, 9.17) is 37.8 Å². The van der Waals surface area contributed by atoms with Gasteiger partial charge in [-0.25, -0.2) is 5.01 Å². The number of benzene rings is 3. The van der Waals surface area contributed by atoms with Crippen molar-refractivity contribution < 1.29 is 9.47 Å². The third kappa shape index (κ3) is 3.22. The van der Waals surface area contributed by atoms with Crippen molar-refractivity contribution in [2.75, 3.05) is 7.11 Å². The molecule has 2 atom stereocenters. The van der Waals surface area contributed by atoms with Gasteiger partial charge in [0.1, 0.15) is 11.5 Å². The third-order valence-corrected chi connectivity index (χ3v) is 5.93. The summed E-state index contributed by atoms with van der Waals surface area (Å²) in [6.07, 6.45) is 0.349. The zero-order chi connectivity index (χ0) is 20.0. The van der Waals surface area contributed by atoms with Crippen LogP contribution in [0.1, 0.15) is 35.4 Å². The summed E-state index contributed by atoms with van der Waals surface area (Å²) in [5.41, 5.74) is 3.97. The SMILES string of the molecule is COc1ccc(C2=NN3[C@@H](c4ccccc4Cl)Oc4ccc(Cl)cc4[C@@H]3C2)cc1. The van der Waals surface area contributed by atoms with Crippen LogP contribution in [-0.2, 0) is 0 Å². The van der Waals surface area contributed by atoms with Gasteiger partial charge in [0, 0.05) is 27.6 Å². The monoisotopic (exact) mass is 424 g/mol. The van der Waals surface area contributed by atoms with Crippen LogP contribution in [0, 0.1) is 0 Å². The van der Waals surface area contributed by atoms with E-state index in [1.54, 1.807) is 7.11 Å². The lowest BCUT2D eigenvalue weighted by atomic mass is 9.96. The highest BCUT2D eigenvalue weighted by Crippen LogP contribution is 2.49. The van der Waals surface area contributed by atoms with Crippen molar-refractivity contribution in [1.82, 2.24) is 5.01 Å². The Balaban J connectivity index is 1.59. The van der Waals surface area contributed by atoms with E-state index in [0.29, 0.717) is 10.0 Å². The molecule has 2 aliphatic rings. The summed E-state index contributed by atoms with van der Waals surface area (Å²) >= 11 is 12.8. The molecule has 0 saturated carbocycles. The molecule has 0 amide bonds. The molecule has 0 N–H and O–H groups in total. The summed E-state index contributed by atoms with van der Waals surface area (Å²) in [6, 6.07) is 21.4. The van der Waals surface area contributed by atoms with Gasteiger partial charge in [0.25, 0.3) is 0 Å².